The second-order valence-corrected chi connectivity index (χ2v) is 0.278. The van der Waals surface area contributed by atoms with Crippen LogP contribution in [-0.2, 0) is 5.11 Å². The van der Waals surface area contributed by atoms with Crippen LogP contribution < -0.4 is 0 Å². The summed E-state index contributed by atoms with van der Waals surface area (Å²) in [5.41, 5.74) is 0. The van der Waals surface area contributed by atoms with Crippen molar-refractivity contribution in [3.05, 3.63) is 0 Å². The quantitative estimate of drug-likeness (QED) is 0.421. The third-order valence-electron chi connectivity index (χ3n) is 0.0546. The Labute approximate surface area is 26.9 Å². The highest BCUT2D eigenvalue weighted by atomic mass is 19.1. The van der Waals surface area contributed by atoms with Gasteiger partial charge in [0.15, 0.2) is 0 Å². The fourth-order valence-corrected chi connectivity index (χ4v) is 0. The molecular weight excluding hydrogens is 59.0 g/mol. The van der Waals surface area contributed by atoms with Gasteiger partial charge >= 0.3 is 0 Å². The van der Waals surface area contributed by atoms with Crippen LogP contribution in [0.4, 0.5) is 4.39 Å². The lowest BCUT2D eigenvalue weighted by Gasteiger charge is -1.61. The normalized spacial score (nSPS) is 18.5. The maximum absolute atomic E-state index is 10.8. The molecule has 25 valence electrons. The molecular formula is C2H4FO. The van der Waals surface area contributed by atoms with Crippen LogP contribution in [0.2, 0.25) is 0 Å². The van der Waals surface area contributed by atoms with E-state index < -0.39 is 13.2 Å². The summed E-state index contributed by atoms with van der Waals surface area (Å²) in [4.78, 5) is 0. The molecule has 0 atom stereocenters. The summed E-state index contributed by atoms with van der Waals surface area (Å²) >= 11 is 0. The molecule has 0 unspecified atom stereocenters. The minimum Gasteiger partial charge on any atom is -0.248 e. The van der Waals surface area contributed by atoms with Gasteiger partial charge in [0, 0.05) is 0 Å². The first-order valence-corrected chi connectivity index (χ1v) is 0.825. The summed E-state index contributed by atoms with van der Waals surface area (Å²) in [6, 6.07) is 0. The van der Waals surface area contributed by atoms with Crippen LogP contribution in [0.3, 0.4) is 0 Å². The molecule has 2 heteroatoms. The second-order valence-electron chi connectivity index (χ2n) is 0.278. The summed E-state index contributed by atoms with van der Waals surface area (Å²) in [5.74, 6) is 0. The van der Waals surface area contributed by atoms with E-state index >= 15 is 0 Å². The Hall–Kier alpha value is -0.110. The van der Waals surface area contributed by atoms with Gasteiger partial charge in [-0.1, -0.05) is 0 Å². The lowest BCUT2D eigenvalue weighted by molar-refractivity contribution is 0.168. The van der Waals surface area contributed by atoms with Gasteiger partial charge in [-0.25, -0.2) is 9.50 Å². The lowest BCUT2D eigenvalue weighted by Crippen LogP contribution is -1.74. The first-order valence-electron chi connectivity index (χ1n) is 1.82. The van der Waals surface area contributed by atoms with Gasteiger partial charge in [0.25, 0.3) is 0 Å². The van der Waals surface area contributed by atoms with E-state index in [0.29, 0.717) is 0 Å². The van der Waals surface area contributed by atoms with E-state index in [-0.39, 0.29) is 0 Å². The van der Waals surface area contributed by atoms with E-state index in [1.165, 1.54) is 0 Å². The van der Waals surface area contributed by atoms with Crippen molar-refractivity contribution in [2.24, 2.45) is 0 Å². The Morgan fingerprint density at radius 1 is 2.25 bits per heavy atom. The van der Waals surface area contributed by atoms with E-state index in [4.69, 9.17) is 2.74 Å². The number of hydrogen-bond donors (Lipinski definition) is 0. The number of rotatable bonds is 1. The van der Waals surface area contributed by atoms with Gasteiger partial charge in [0.1, 0.15) is 13.2 Å². The standard InChI is InChI=1S/C2H4FO/c3-1-2-4/h1-2H2/i2D2. The van der Waals surface area contributed by atoms with E-state index in [9.17, 15) is 9.50 Å². The minimum atomic E-state index is -2.88. The first-order chi connectivity index (χ1) is 2.56. The molecule has 0 aromatic rings. The molecule has 0 bridgehead atoms. The largest absolute Gasteiger partial charge is 0.248 e. The Morgan fingerprint density at radius 3 is 2.50 bits per heavy atom. The maximum Gasteiger partial charge on any atom is 0.116 e. The summed E-state index contributed by atoms with van der Waals surface area (Å²) in [6.45, 7) is -4.33. The van der Waals surface area contributed by atoms with Crippen LogP contribution in [0.15, 0.2) is 0 Å². The second kappa shape index (κ2) is 2.89. The van der Waals surface area contributed by atoms with E-state index in [2.05, 4.69) is 0 Å². The van der Waals surface area contributed by atoms with Crippen molar-refractivity contribution >= 4 is 0 Å². The highest BCUT2D eigenvalue weighted by Crippen LogP contribution is 1.55. The number of hydrogen-bond acceptors (Lipinski definition) is 0. The SMILES string of the molecule is [2H]C([2H])([O])CF. The molecule has 1 radical (unpaired) electrons. The predicted octanol–water partition coefficient (Wildman–Crippen LogP) is 0.386. The molecule has 0 N–H and O–H groups in total. The molecule has 0 fully saturated rings. The van der Waals surface area contributed by atoms with E-state index in [1.54, 1.807) is 0 Å². The topological polar surface area (TPSA) is 19.9 Å². The van der Waals surface area contributed by atoms with Gasteiger partial charge in [0.2, 0.25) is 0 Å². The molecule has 0 spiro atoms. The maximum atomic E-state index is 10.8. The number of alkyl halides is 1. The molecule has 0 amide bonds. The van der Waals surface area contributed by atoms with Crippen LogP contribution in [0, 0.1) is 0 Å². The molecule has 0 rings (SSSR count). The van der Waals surface area contributed by atoms with Crippen LogP contribution in [0.5, 0.6) is 0 Å². The Balaban J connectivity index is 3.17. The highest BCUT2D eigenvalue weighted by Gasteiger charge is 1.64. The van der Waals surface area contributed by atoms with Crippen molar-refractivity contribution < 1.29 is 12.2 Å². The van der Waals surface area contributed by atoms with Crippen molar-refractivity contribution in [3.63, 3.8) is 0 Å². The zero-order valence-electron chi connectivity index (χ0n) is 3.99. The molecule has 0 saturated carbocycles. The third kappa shape index (κ3) is 1.89. The molecule has 0 heterocycles. The van der Waals surface area contributed by atoms with E-state index in [0.717, 1.165) is 0 Å². The fraction of sp³-hybridized carbons (Fsp3) is 1.00. The predicted molar refractivity (Wildman–Crippen MR) is 11.5 cm³/mol. The smallest absolute Gasteiger partial charge is 0.116 e. The number of halogens is 1. The summed E-state index contributed by atoms with van der Waals surface area (Å²) < 4.78 is 22.6. The monoisotopic (exact) mass is 65.0 g/mol. The molecule has 0 saturated heterocycles. The van der Waals surface area contributed by atoms with Gasteiger partial charge in [-0.15, -0.1) is 0 Å². The highest BCUT2D eigenvalue weighted by molar-refractivity contribution is 4.07. The van der Waals surface area contributed by atoms with Gasteiger partial charge in [-0.05, 0) is 0 Å². The third-order valence-corrected chi connectivity index (χ3v) is 0.0546. The van der Waals surface area contributed by atoms with Crippen LogP contribution in [0.1, 0.15) is 2.74 Å². The van der Waals surface area contributed by atoms with Gasteiger partial charge in [0.05, 0.1) is 2.74 Å². The zero-order chi connectivity index (χ0) is 5.21. The molecule has 0 aromatic carbocycles. The molecule has 4 heavy (non-hydrogen) atoms. The first kappa shape index (κ1) is 1.36. The fourth-order valence-electron chi connectivity index (χ4n) is 0. The van der Waals surface area contributed by atoms with Crippen molar-refractivity contribution in [3.8, 4) is 0 Å². The van der Waals surface area contributed by atoms with Crippen LogP contribution in [-0.4, -0.2) is 13.2 Å². The van der Waals surface area contributed by atoms with Crippen molar-refractivity contribution in [1.82, 2.24) is 0 Å². The zero-order valence-corrected chi connectivity index (χ0v) is 1.99. The van der Waals surface area contributed by atoms with E-state index in [1.807, 2.05) is 0 Å². The lowest BCUT2D eigenvalue weighted by atomic mass is 10.9. The Morgan fingerprint density at radius 2 is 2.50 bits per heavy atom. The van der Waals surface area contributed by atoms with Gasteiger partial charge in [-0.2, -0.15) is 0 Å². The summed E-state index contributed by atoms with van der Waals surface area (Å²) in [7, 11) is 0. The Kier molecular flexibility index (Phi) is 0.982. The van der Waals surface area contributed by atoms with Crippen LogP contribution in [0.25, 0.3) is 0 Å². The molecule has 0 aliphatic heterocycles. The summed E-state index contributed by atoms with van der Waals surface area (Å²) in [5, 5.41) is 9.43. The minimum absolute atomic E-state index is 1.45. The molecule has 1 nitrogen and oxygen atoms in total. The van der Waals surface area contributed by atoms with Crippen LogP contribution >= 0.6 is 0 Å². The summed E-state index contributed by atoms with van der Waals surface area (Å²) in [6.07, 6.45) is 0. The molecule has 0 aromatic heterocycles. The van der Waals surface area contributed by atoms with Crippen molar-refractivity contribution in [2.75, 3.05) is 13.2 Å². The van der Waals surface area contributed by atoms with Gasteiger partial charge in [-0.3, -0.25) is 0 Å². The van der Waals surface area contributed by atoms with Crippen molar-refractivity contribution in [1.29, 1.82) is 0 Å². The Bertz CT molecular complexity index is 41.3. The average molecular weight is 65.1 g/mol. The molecule has 0 aliphatic carbocycles. The van der Waals surface area contributed by atoms with Crippen molar-refractivity contribution in [2.45, 2.75) is 0 Å². The van der Waals surface area contributed by atoms with Gasteiger partial charge < -0.3 is 0 Å². The molecule has 0 aliphatic rings. The average Bonchev–Trinajstić information content (AvgIpc) is 1.35.